The zero-order chi connectivity index (χ0) is 18.2. The maximum absolute atomic E-state index is 6.66. The lowest BCUT2D eigenvalue weighted by Gasteiger charge is -2.39. The van der Waals surface area contributed by atoms with E-state index in [4.69, 9.17) is 4.43 Å². The summed E-state index contributed by atoms with van der Waals surface area (Å²) in [5.41, 5.74) is 1.49. The molecule has 0 fully saturated rings. The molecule has 142 valence electrons. The number of rotatable bonds is 11. The van der Waals surface area contributed by atoms with Crippen molar-refractivity contribution in [3.63, 3.8) is 0 Å². The Morgan fingerprint density at radius 3 is 2.08 bits per heavy atom. The largest absolute Gasteiger partial charge is 0.410 e. The van der Waals surface area contributed by atoms with Crippen LogP contribution in [0.5, 0.6) is 0 Å². The Labute approximate surface area is 153 Å². The molecule has 1 rings (SSSR count). The van der Waals surface area contributed by atoms with Crippen LogP contribution in [-0.2, 0) is 4.43 Å². The highest BCUT2D eigenvalue weighted by Gasteiger charge is 2.40. The van der Waals surface area contributed by atoms with Crippen LogP contribution in [-0.4, -0.2) is 14.4 Å². The maximum atomic E-state index is 6.66. The molecule has 2 atom stereocenters. The predicted molar refractivity (Wildman–Crippen MR) is 111 cm³/mol. The molecule has 0 unspecified atom stereocenters. The van der Waals surface area contributed by atoms with Gasteiger partial charge in [-0.3, -0.25) is 0 Å². The van der Waals surface area contributed by atoms with E-state index in [2.05, 4.69) is 53.8 Å². The summed E-state index contributed by atoms with van der Waals surface area (Å²) in [5, 5.41) is 0.309. The van der Waals surface area contributed by atoms with Gasteiger partial charge in [-0.1, -0.05) is 85.1 Å². The second kappa shape index (κ2) is 10.2. The van der Waals surface area contributed by atoms with Crippen LogP contribution in [0.2, 0.25) is 18.1 Å². The quantitative estimate of drug-likeness (QED) is 0.209. The molecule has 0 N–H and O–H groups in total. The Hall–Kier alpha value is -0.0831. The molecule has 1 aliphatic rings. The third-order valence-corrected chi connectivity index (χ3v) is 10.7. The van der Waals surface area contributed by atoms with Crippen molar-refractivity contribution < 1.29 is 4.43 Å². The van der Waals surface area contributed by atoms with Gasteiger partial charge in [0.15, 0.2) is 8.32 Å². The highest BCUT2D eigenvalue weighted by molar-refractivity contribution is 6.74. The molecule has 2 heteroatoms. The Bertz CT molecular complexity index is 378. The molecule has 0 saturated carbocycles. The molecule has 0 aromatic rings. The molecule has 0 heterocycles. The summed E-state index contributed by atoms with van der Waals surface area (Å²) in [4.78, 5) is 0. The van der Waals surface area contributed by atoms with Gasteiger partial charge in [0.25, 0.3) is 0 Å². The van der Waals surface area contributed by atoms with E-state index in [1.807, 2.05) is 0 Å². The fraction of sp³-hybridized carbons (Fsp3) is 0.909. The zero-order valence-electron chi connectivity index (χ0n) is 17.7. The molecule has 0 radical (unpaired) electrons. The van der Waals surface area contributed by atoms with Crippen LogP contribution in [0.3, 0.4) is 0 Å². The fourth-order valence-electron chi connectivity index (χ4n) is 3.42. The van der Waals surface area contributed by atoms with Gasteiger partial charge in [-0.25, -0.2) is 0 Å². The van der Waals surface area contributed by atoms with Crippen molar-refractivity contribution in [3.8, 4) is 0 Å². The fourth-order valence-corrected chi connectivity index (χ4v) is 4.77. The second-order valence-electron chi connectivity index (χ2n) is 9.54. The first kappa shape index (κ1) is 22.0. The lowest BCUT2D eigenvalue weighted by atomic mass is 9.99. The van der Waals surface area contributed by atoms with Gasteiger partial charge in [0.05, 0.1) is 6.10 Å². The van der Waals surface area contributed by atoms with Gasteiger partial charge in [0.1, 0.15) is 0 Å². The van der Waals surface area contributed by atoms with Gasteiger partial charge in [-0.2, -0.15) is 0 Å². The molecule has 1 aliphatic carbocycles. The molecule has 0 aromatic carbocycles. The molecule has 0 spiro atoms. The molecule has 0 amide bonds. The summed E-state index contributed by atoms with van der Waals surface area (Å²) in [5.74, 6) is 0.764. The van der Waals surface area contributed by atoms with Crippen LogP contribution in [0, 0.1) is 5.92 Å². The smallest absolute Gasteiger partial charge is 0.192 e. The molecule has 1 nitrogen and oxygen atoms in total. The number of hydrogen-bond donors (Lipinski definition) is 0. The molecule has 0 saturated heterocycles. The Morgan fingerprint density at radius 2 is 1.54 bits per heavy atom. The minimum Gasteiger partial charge on any atom is -0.410 e. The number of unbranched alkanes of at least 4 members (excludes halogenated alkanes) is 7. The van der Waals surface area contributed by atoms with Crippen LogP contribution >= 0.6 is 0 Å². The van der Waals surface area contributed by atoms with Crippen molar-refractivity contribution >= 4 is 8.32 Å². The topological polar surface area (TPSA) is 9.23 Å². The van der Waals surface area contributed by atoms with E-state index in [1.54, 1.807) is 0 Å². The lowest BCUT2D eigenvalue weighted by molar-refractivity contribution is 0.201. The van der Waals surface area contributed by atoms with Crippen LogP contribution in [0.15, 0.2) is 11.6 Å². The molecule has 0 aromatic heterocycles. The predicted octanol–water partition coefficient (Wildman–Crippen LogP) is 7.87. The first-order chi connectivity index (χ1) is 11.2. The first-order valence-corrected chi connectivity index (χ1v) is 13.4. The van der Waals surface area contributed by atoms with Gasteiger partial charge >= 0.3 is 0 Å². The summed E-state index contributed by atoms with van der Waals surface area (Å²) >= 11 is 0. The van der Waals surface area contributed by atoms with Crippen LogP contribution < -0.4 is 0 Å². The van der Waals surface area contributed by atoms with E-state index in [-0.39, 0.29) is 0 Å². The van der Waals surface area contributed by atoms with E-state index < -0.39 is 8.32 Å². The van der Waals surface area contributed by atoms with Crippen LogP contribution in [0.4, 0.5) is 0 Å². The summed E-state index contributed by atoms with van der Waals surface area (Å²) in [6, 6.07) is 0. The third kappa shape index (κ3) is 7.43. The Balaban J connectivity index is 2.22. The molecule has 0 aliphatic heterocycles. The third-order valence-electron chi connectivity index (χ3n) is 6.19. The second-order valence-corrected chi connectivity index (χ2v) is 14.3. The van der Waals surface area contributed by atoms with Crippen LogP contribution in [0.25, 0.3) is 0 Å². The minimum atomic E-state index is -1.64. The summed E-state index contributed by atoms with van der Waals surface area (Å²) in [7, 11) is -1.64. The van der Waals surface area contributed by atoms with E-state index in [0.717, 1.165) is 5.92 Å². The van der Waals surface area contributed by atoms with E-state index in [9.17, 15) is 0 Å². The van der Waals surface area contributed by atoms with Gasteiger partial charge in [0.2, 0.25) is 0 Å². The first-order valence-electron chi connectivity index (χ1n) is 10.5. The van der Waals surface area contributed by atoms with E-state index >= 15 is 0 Å². The maximum Gasteiger partial charge on any atom is 0.192 e. The Kier molecular flexibility index (Phi) is 9.30. The van der Waals surface area contributed by atoms with Gasteiger partial charge in [-0.15, -0.1) is 0 Å². The summed E-state index contributed by atoms with van der Waals surface area (Å²) < 4.78 is 6.66. The van der Waals surface area contributed by atoms with Gasteiger partial charge in [0, 0.05) is 0 Å². The average Bonchev–Trinajstić information content (AvgIpc) is 2.80. The minimum absolute atomic E-state index is 0.309. The van der Waals surface area contributed by atoms with Gasteiger partial charge < -0.3 is 4.43 Å². The molecular formula is C22H44OSi. The van der Waals surface area contributed by atoms with Crippen molar-refractivity contribution in [1.82, 2.24) is 0 Å². The summed E-state index contributed by atoms with van der Waals surface area (Å²) in [6.45, 7) is 16.4. The highest BCUT2D eigenvalue weighted by Crippen LogP contribution is 2.41. The van der Waals surface area contributed by atoms with E-state index in [0.29, 0.717) is 11.1 Å². The van der Waals surface area contributed by atoms with E-state index in [1.165, 1.54) is 69.8 Å². The summed E-state index contributed by atoms with van der Waals surface area (Å²) in [6.07, 6.45) is 16.8. The zero-order valence-corrected chi connectivity index (χ0v) is 18.7. The molecule has 24 heavy (non-hydrogen) atoms. The number of hydrogen-bond acceptors (Lipinski definition) is 1. The monoisotopic (exact) mass is 352 g/mol. The average molecular weight is 353 g/mol. The van der Waals surface area contributed by atoms with Gasteiger partial charge in [-0.05, 0) is 49.4 Å². The van der Waals surface area contributed by atoms with Crippen molar-refractivity contribution in [2.24, 2.45) is 5.92 Å². The Morgan fingerprint density at radius 1 is 1.00 bits per heavy atom. The molecular weight excluding hydrogens is 308 g/mol. The van der Waals surface area contributed by atoms with Crippen LogP contribution in [0.1, 0.15) is 98.8 Å². The molecule has 0 bridgehead atoms. The number of allylic oxidation sites excluding steroid dienone is 1. The SMILES string of the molecule is CCCCCCCCCC[C@H]1C=C(C)[C@H](O[Si](C)(C)C(C)(C)C)C1. The standard InChI is InChI=1S/C22H44OSi/c1-8-9-10-11-12-13-14-15-16-20-17-19(2)21(18-20)23-24(6,7)22(3,4)5/h17,20-21H,8-16,18H2,1-7H3/t20-,21+/m0/s1. The normalized spacial score (nSPS) is 22.0. The van der Waals surface area contributed by atoms with Crippen molar-refractivity contribution in [1.29, 1.82) is 0 Å². The van der Waals surface area contributed by atoms with Crippen molar-refractivity contribution in [2.45, 2.75) is 123 Å². The van der Waals surface area contributed by atoms with Crippen molar-refractivity contribution in [3.05, 3.63) is 11.6 Å². The van der Waals surface area contributed by atoms with Crippen molar-refractivity contribution in [2.75, 3.05) is 0 Å². The lowest BCUT2D eigenvalue weighted by Crippen LogP contribution is -2.43. The highest BCUT2D eigenvalue weighted by atomic mass is 28.4.